The lowest BCUT2D eigenvalue weighted by Crippen LogP contribution is -2.31. The van der Waals surface area contributed by atoms with E-state index in [2.05, 4.69) is 10.3 Å². The quantitative estimate of drug-likeness (QED) is 0.820. The number of pyridine rings is 1. The number of amides is 1. The molecule has 0 radical (unpaired) electrons. The third-order valence-corrected chi connectivity index (χ3v) is 3.76. The molecule has 1 heterocycles. The SMILES string of the molecule is COCC1(CNc2cccc(C(N)=O)n2)CCCC1. The van der Waals surface area contributed by atoms with E-state index in [-0.39, 0.29) is 11.1 Å². The van der Waals surface area contributed by atoms with Crippen molar-refractivity contribution in [3.8, 4) is 0 Å². The fraction of sp³-hybridized carbons (Fsp3) is 0.571. The zero-order valence-electron chi connectivity index (χ0n) is 11.3. The third kappa shape index (κ3) is 3.44. The molecule has 1 fully saturated rings. The molecule has 104 valence electrons. The van der Waals surface area contributed by atoms with Gasteiger partial charge in [-0.15, -0.1) is 0 Å². The van der Waals surface area contributed by atoms with E-state index >= 15 is 0 Å². The van der Waals surface area contributed by atoms with Crippen molar-refractivity contribution in [1.29, 1.82) is 0 Å². The number of aromatic nitrogens is 1. The van der Waals surface area contributed by atoms with Gasteiger partial charge < -0.3 is 15.8 Å². The van der Waals surface area contributed by atoms with Crippen molar-refractivity contribution < 1.29 is 9.53 Å². The van der Waals surface area contributed by atoms with Crippen LogP contribution in [0.3, 0.4) is 0 Å². The number of methoxy groups -OCH3 is 1. The maximum absolute atomic E-state index is 11.1. The molecule has 1 amide bonds. The first kappa shape index (κ1) is 13.8. The average Bonchev–Trinajstić information content (AvgIpc) is 2.86. The van der Waals surface area contributed by atoms with Gasteiger partial charge in [0.1, 0.15) is 11.5 Å². The molecule has 0 aliphatic heterocycles. The largest absolute Gasteiger partial charge is 0.384 e. The molecule has 0 saturated heterocycles. The molecule has 1 saturated carbocycles. The van der Waals surface area contributed by atoms with Crippen LogP contribution in [0.4, 0.5) is 5.82 Å². The zero-order chi connectivity index (χ0) is 13.7. The van der Waals surface area contributed by atoms with E-state index in [1.165, 1.54) is 25.7 Å². The standard InChI is InChI=1S/C14H21N3O2/c1-19-10-14(7-2-3-8-14)9-16-12-6-4-5-11(17-12)13(15)18/h4-6H,2-3,7-10H2,1H3,(H2,15,18)(H,16,17). The van der Waals surface area contributed by atoms with Crippen molar-refractivity contribution in [3.05, 3.63) is 23.9 Å². The van der Waals surface area contributed by atoms with E-state index in [0.717, 1.165) is 13.2 Å². The van der Waals surface area contributed by atoms with Crippen molar-refractivity contribution in [3.63, 3.8) is 0 Å². The molecular weight excluding hydrogens is 242 g/mol. The van der Waals surface area contributed by atoms with Crippen LogP contribution < -0.4 is 11.1 Å². The van der Waals surface area contributed by atoms with Gasteiger partial charge in [-0.2, -0.15) is 0 Å². The van der Waals surface area contributed by atoms with Crippen LogP contribution in [-0.4, -0.2) is 31.2 Å². The average molecular weight is 263 g/mol. The second-order valence-electron chi connectivity index (χ2n) is 5.27. The molecule has 1 aliphatic carbocycles. The van der Waals surface area contributed by atoms with Crippen molar-refractivity contribution in [2.45, 2.75) is 25.7 Å². The molecule has 3 N–H and O–H groups in total. The Kier molecular flexibility index (Phi) is 4.37. The maximum Gasteiger partial charge on any atom is 0.267 e. The first-order valence-corrected chi connectivity index (χ1v) is 6.65. The molecule has 1 aromatic rings. The van der Waals surface area contributed by atoms with Gasteiger partial charge in [-0.1, -0.05) is 18.9 Å². The summed E-state index contributed by atoms with van der Waals surface area (Å²) in [5, 5.41) is 3.31. The lowest BCUT2D eigenvalue weighted by atomic mass is 9.87. The minimum absolute atomic E-state index is 0.194. The fourth-order valence-corrected chi connectivity index (χ4v) is 2.75. The summed E-state index contributed by atoms with van der Waals surface area (Å²) in [6.45, 7) is 1.57. The number of anilines is 1. The summed E-state index contributed by atoms with van der Waals surface area (Å²) >= 11 is 0. The van der Waals surface area contributed by atoms with E-state index in [4.69, 9.17) is 10.5 Å². The minimum Gasteiger partial charge on any atom is -0.384 e. The zero-order valence-corrected chi connectivity index (χ0v) is 11.3. The normalized spacial score (nSPS) is 17.3. The summed E-state index contributed by atoms with van der Waals surface area (Å²) in [4.78, 5) is 15.3. The van der Waals surface area contributed by atoms with Crippen LogP contribution in [-0.2, 0) is 4.74 Å². The number of ether oxygens (including phenoxy) is 1. The van der Waals surface area contributed by atoms with E-state index in [9.17, 15) is 4.79 Å². The topological polar surface area (TPSA) is 77.2 Å². The van der Waals surface area contributed by atoms with E-state index < -0.39 is 5.91 Å². The summed E-state index contributed by atoms with van der Waals surface area (Å²) in [5.41, 5.74) is 5.71. The minimum atomic E-state index is -0.504. The van der Waals surface area contributed by atoms with Gasteiger partial charge in [0.2, 0.25) is 0 Å². The van der Waals surface area contributed by atoms with E-state index in [0.29, 0.717) is 5.82 Å². The monoisotopic (exact) mass is 263 g/mol. The summed E-state index contributed by atoms with van der Waals surface area (Å²) in [7, 11) is 1.74. The molecule has 1 aromatic heterocycles. The molecule has 0 atom stereocenters. The number of carbonyl (C=O) groups excluding carboxylic acids is 1. The van der Waals surface area contributed by atoms with Crippen LogP contribution in [0.25, 0.3) is 0 Å². The molecule has 0 bridgehead atoms. The Bertz CT molecular complexity index is 442. The highest BCUT2D eigenvalue weighted by atomic mass is 16.5. The van der Waals surface area contributed by atoms with Gasteiger partial charge in [-0.25, -0.2) is 4.98 Å². The Balaban J connectivity index is 2.01. The Morgan fingerprint density at radius 1 is 1.47 bits per heavy atom. The highest BCUT2D eigenvalue weighted by molar-refractivity contribution is 5.91. The van der Waals surface area contributed by atoms with Crippen LogP contribution in [0.5, 0.6) is 0 Å². The van der Waals surface area contributed by atoms with E-state index in [1.54, 1.807) is 19.2 Å². The molecule has 0 spiro atoms. The Hall–Kier alpha value is -1.62. The molecule has 2 rings (SSSR count). The van der Waals surface area contributed by atoms with Crippen LogP contribution in [0, 0.1) is 5.41 Å². The predicted molar refractivity (Wildman–Crippen MR) is 74.0 cm³/mol. The predicted octanol–water partition coefficient (Wildman–Crippen LogP) is 1.80. The molecule has 5 nitrogen and oxygen atoms in total. The van der Waals surface area contributed by atoms with Crippen LogP contribution in [0.15, 0.2) is 18.2 Å². The molecule has 0 aromatic carbocycles. The first-order chi connectivity index (χ1) is 9.15. The Morgan fingerprint density at radius 2 is 2.21 bits per heavy atom. The number of primary amides is 1. The maximum atomic E-state index is 11.1. The molecule has 19 heavy (non-hydrogen) atoms. The van der Waals surface area contributed by atoms with Gasteiger partial charge in [0, 0.05) is 19.1 Å². The number of hydrogen-bond acceptors (Lipinski definition) is 4. The summed E-state index contributed by atoms with van der Waals surface area (Å²) in [6, 6.07) is 5.25. The lowest BCUT2D eigenvalue weighted by molar-refractivity contribution is 0.0922. The third-order valence-electron chi connectivity index (χ3n) is 3.76. The molecule has 0 unspecified atom stereocenters. The second kappa shape index (κ2) is 6.02. The number of nitrogens with one attached hydrogen (secondary N) is 1. The fourth-order valence-electron chi connectivity index (χ4n) is 2.75. The van der Waals surface area contributed by atoms with E-state index in [1.807, 2.05) is 6.07 Å². The Morgan fingerprint density at radius 3 is 2.84 bits per heavy atom. The second-order valence-corrected chi connectivity index (χ2v) is 5.27. The van der Waals surface area contributed by atoms with Gasteiger partial charge in [0.05, 0.1) is 6.61 Å². The van der Waals surface area contributed by atoms with Gasteiger partial charge in [-0.3, -0.25) is 4.79 Å². The highest BCUT2D eigenvalue weighted by Gasteiger charge is 2.33. The van der Waals surface area contributed by atoms with Crippen molar-refractivity contribution >= 4 is 11.7 Å². The highest BCUT2D eigenvalue weighted by Crippen LogP contribution is 2.38. The van der Waals surface area contributed by atoms with Gasteiger partial charge in [0.15, 0.2) is 0 Å². The number of rotatable bonds is 6. The lowest BCUT2D eigenvalue weighted by Gasteiger charge is -2.28. The van der Waals surface area contributed by atoms with Crippen molar-refractivity contribution in [2.75, 3.05) is 25.6 Å². The van der Waals surface area contributed by atoms with Gasteiger partial charge in [0.25, 0.3) is 5.91 Å². The van der Waals surface area contributed by atoms with Gasteiger partial charge in [-0.05, 0) is 25.0 Å². The van der Waals surface area contributed by atoms with Gasteiger partial charge >= 0.3 is 0 Å². The summed E-state index contributed by atoms with van der Waals surface area (Å²) in [5.74, 6) is 0.190. The number of nitrogens with two attached hydrogens (primary N) is 1. The first-order valence-electron chi connectivity index (χ1n) is 6.65. The number of carbonyl (C=O) groups is 1. The number of nitrogens with zero attached hydrogens (tertiary/aromatic N) is 1. The van der Waals surface area contributed by atoms with Crippen molar-refractivity contribution in [2.24, 2.45) is 11.1 Å². The number of hydrogen-bond donors (Lipinski definition) is 2. The Labute approximate surface area is 113 Å². The smallest absolute Gasteiger partial charge is 0.267 e. The molecule has 5 heteroatoms. The van der Waals surface area contributed by atoms with Crippen molar-refractivity contribution in [1.82, 2.24) is 4.98 Å². The summed E-state index contributed by atoms with van der Waals surface area (Å²) in [6.07, 6.45) is 4.84. The molecular formula is C14H21N3O2. The summed E-state index contributed by atoms with van der Waals surface area (Å²) < 4.78 is 5.34. The van der Waals surface area contributed by atoms with Crippen LogP contribution >= 0.6 is 0 Å². The van der Waals surface area contributed by atoms with Crippen LogP contribution in [0.2, 0.25) is 0 Å². The molecule has 1 aliphatic rings. The van der Waals surface area contributed by atoms with Crippen LogP contribution in [0.1, 0.15) is 36.2 Å².